The number of nitrogens with one attached hydrogen (secondary N) is 1. The standard InChI is InChI=1S/C12H22N2O3/c1-8(12(16)17-2)7-14-11(15)9-4-3-5-10(13)6-9/h8-10H,3-7,13H2,1-2H3,(H,14,15). The summed E-state index contributed by atoms with van der Waals surface area (Å²) in [5.41, 5.74) is 5.83. The van der Waals surface area contributed by atoms with E-state index in [0.717, 1.165) is 25.7 Å². The normalized spacial score (nSPS) is 26.1. The second kappa shape index (κ2) is 6.59. The third-order valence-corrected chi connectivity index (χ3v) is 3.27. The van der Waals surface area contributed by atoms with E-state index in [2.05, 4.69) is 10.1 Å². The number of amides is 1. The highest BCUT2D eigenvalue weighted by Gasteiger charge is 2.25. The molecule has 3 N–H and O–H groups in total. The predicted octanol–water partition coefficient (Wildman–Crippen LogP) is 0.429. The van der Waals surface area contributed by atoms with Crippen LogP contribution in [0, 0.1) is 11.8 Å². The fourth-order valence-electron chi connectivity index (χ4n) is 2.15. The molecule has 0 aromatic carbocycles. The van der Waals surface area contributed by atoms with Gasteiger partial charge in [0.2, 0.25) is 5.91 Å². The number of carbonyl (C=O) groups excluding carboxylic acids is 2. The monoisotopic (exact) mass is 242 g/mol. The highest BCUT2D eigenvalue weighted by Crippen LogP contribution is 2.23. The number of rotatable bonds is 4. The van der Waals surface area contributed by atoms with Crippen molar-refractivity contribution < 1.29 is 14.3 Å². The quantitative estimate of drug-likeness (QED) is 0.700. The minimum absolute atomic E-state index is 0.00333. The van der Waals surface area contributed by atoms with Gasteiger partial charge in [0.1, 0.15) is 0 Å². The first kappa shape index (κ1) is 14.0. The molecule has 98 valence electrons. The number of nitrogens with two attached hydrogens (primary N) is 1. The summed E-state index contributed by atoms with van der Waals surface area (Å²) in [6, 6.07) is 0.137. The molecule has 0 aromatic rings. The van der Waals surface area contributed by atoms with Crippen molar-refractivity contribution in [3.05, 3.63) is 0 Å². The molecule has 0 radical (unpaired) electrons. The number of hydrogen-bond acceptors (Lipinski definition) is 4. The van der Waals surface area contributed by atoms with Crippen molar-refractivity contribution in [3.8, 4) is 0 Å². The van der Waals surface area contributed by atoms with Crippen LogP contribution in [0.2, 0.25) is 0 Å². The molecule has 1 amide bonds. The Morgan fingerprint density at radius 1 is 1.47 bits per heavy atom. The highest BCUT2D eigenvalue weighted by atomic mass is 16.5. The summed E-state index contributed by atoms with van der Waals surface area (Å²) in [6.07, 6.45) is 3.65. The van der Waals surface area contributed by atoms with Gasteiger partial charge in [-0.15, -0.1) is 0 Å². The fraction of sp³-hybridized carbons (Fsp3) is 0.833. The Hall–Kier alpha value is -1.10. The largest absolute Gasteiger partial charge is 0.469 e. The van der Waals surface area contributed by atoms with Crippen LogP contribution >= 0.6 is 0 Å². The molecule has 0 heterocycles. The van der Waals surface area contributed by atoms with Gasteiger partial charge in [0.05, 0.1) is 13.0 Å². The molecule has 17 heavy (non-hydrogen) atoms. The lowest BCUT2D eigenvalue weighted by Gasteiger charge is -2.26. The average Bonchev–Trinajstić information content (AvgIpc) is 2.34. The molecule has 0 saturated heterocycles. The number of hydrogen-bond donors (Lipinski definition) is 2. The Kier molecular flexibility index (Phi) is 5.41. The lowest BCUT2D eigenvalue weighted by atomic mass is 9.85. The topological polar surface area (TPSA) is 81.4 Å². The Labute approximate surface area is 102 Å². The molecule has 3 unspecified atom stereocenters. The predicted molar refractivity (Wildman–Crippen MR) is 64.1 cm³/mol. The van der Waals surface area contributed by atoms with E-state index in [1.54, 1.807) is 6.92 Å². The second-order valence-corrected chi connectivity index (χ2v) is 4.79. The minimum Gasteiger partial charge on any atom is -0.469 e. The van der Waals surface area contributed by atoms with Crippen LogP contribution in [0.3, 0.4) is 0 Å². The van der Waals surface area contributed by atoms with E-state index >= 15 is 0 Å². The minimum atomic E-state index is -0.304. The van der Waals surface area contributed by atoms with E-state index in [0.29, 0.717) is 6.54 Å². The van der Waals surface area contributed by atoms with Gasteiger partial charge in [-0.1, -0.05) is 13.3 Å². The third-order valence-electron chi connectivity index (χ3n) is 3.27. The van der Waals surface area contributed by atoms with Crippen molar-refractivity contribution in [2.24, 2.45) is 17.6 Å². The molecule has 1 fully saturated rings. The smallest absolute Gasteiger partial charge is 0.310 e. The van der Waals surface area contributed by atoms with E-state index in [1.165, 1.54) is 7.11 Å². The molecule has 0 aliphatic heterocycles. The van der Waals surface area contributed by atoms with E-state index in [9.17, 15) is 9.59 Å². The van der Waals surface area contributed by atoms with Gasteiger partial charge in [-0.3, -0.25) is 9.59 Å². The van der Waals surface area contributed by atoms with Crippen molar-refractivity contribution in [1.82, 2.24) is 5.32 Å². The fourth-order valence-corrected chi connectivity index (χ4v) is 2.15. The molecule has 5 nitrogen and oxygen atoms in total. The first-order valence-electron chi connectivity index (χ1n) is 6.15. The lowest BCUT2D eigenvalue weighted by Crippen LogP contribution is -2.40. The van der Waals surface area contributed by atoms with Crippen molar-refractivity contribution in [1.29, 1.82) is 0 Å². The average molecular weight is 242 g/mol. The van der Waals surface area contributed by atoms with E-state index < -0.39 is 0 Å². The number of ether oxygens (including phenoxy) is 1. The van der Waals surface area contributed by atoms with Gasteiger partial charge in [0.25, 0.3) is 0 Å². The van der Waals surface area contributed by atoms with Crippen LogP contribution < -0.4 is 11.1 Å². The van der Waals surface area contributed by atoms with Gasteiger partial charge >= 0.3 is 5.97 Å². The summed E-state index contributed by atoms with van der Waals surface area (Å²) >= 11 is 0. The lowest BCUT2D eigenvalue weighted by molar-refractivity contribution is -0.144. The Bertz CT molecular complexity index is 281. The summed E-state index contributed by atoms with van der Waals surface area (Å²) in [6.45, 7) is 2.07. The van der Waals surface area contributed by atoms with Crippen LogP contribution in [0.5, 0.6) is 0 Å². The Morgan fingerprint density at radius 2 is 2.18 bits per heavy atom. The van der Waals surface area contributed by atoms with Gasteiger partial charge in [-0.05, 0) is 19.3 Å². The van der Waals surface area contributed by atoms with Gasteiger partial charge in [0, 0.05) is 18.5 Å². The molecule has 1 aliphatic rings. The molecule has 1 saturated carbocycles. The van der Waals surface area contributed by atoms with Crippen LogP contribution in [0.4, 0.5) is 0 Å². The molecule has 1 rings (SSSR count). The molecule has 0 aromatic heterocycles. The van der Waals surface area contributed by atoms with Crippen LogP contribution in [0.25, 0.3) is 0 Å². The zero-order valence-corrected chi connectivity index (χ0v) is 10.6. The highest BCUT2D eigenvalue weighted by molar-refractivity contribution is 5.80. The van der Waals surface area contributed by atoms with Crippen LogP contribution in [0.1, 0.15) is 32.6 Å². The molecule has 5 heteroatoms. The van der Waals surface area contributed by atoms with E-state index in [1.807, 2.05) is 0 Å². The number of methoxy groups -OCH3 is 1. The Morgan fingerprint density at radius 3 is 2.76 bits per heavy atom. The maximum absolute atomic E-state index is 11.8. The Balaban J connectivity index is 2.31. The first-order valence-corrected chi connectivity index (χ1v) is 6.15. The molecule has 3 atom stereocenters. The SMILES string of the molecule is COC(=O)C(C)CNC(=O)C1CCCC(N)C1. The molecular formula is C12H22N2O3. The first-order chi connectivity index (χ1) is 8.04. The van der Waals surface area contributed by atoms with Crippen LogP contribution in [-0.4, -0.2) is 31.6 Å². The van der Waals surface area contributed by atoms with Gasteiger partial charge < -0.3 is 15.8 Å². The van der Waals surface area contributed by atoms with E-state index in [-0.39, 0.29) is 29.8 Å². The molecule has 0 bridgehead atoms. The number of carbonyl (C=O) groups is 2. The summed E-state index contributed by atoms with van der Waals surface area (Å²) in [7, 11) is 1.35. The van der Waals surface area contributed by atoms with Gasteiger partial charge in [0.15, 0.2) is 0 Å². The van der Waals surface area contributed by atoms with Gasteiger partial charge in [-0.2, -0.15) is 0 Å². The summed E-state index contributed by atoms with van der Waals surface area (Å²) < 4.78 is 4.60. The number of esters is 1. The van der Waals surface area contributed by atoms with Crippen molar-refractivity contribution in [2.75, 3.05) is 13.7 Å². The summed E-state index contributed by atoms with van der Waals surface area (Å²) in [4.78, 5) is 23.0. The maximum atomic E-state index is 11.8. The second-order valence-electron chi connectivity index (χ2n) is 4.79. The zero-order chi connectivity index (χ0) is 12.8. The maximum Gasteiger partial charge on any atom is 0.310 e. The van der Waals surface area contributed by atoms with Crippen LogP contribution in [0.15, 0.2) is 0 Å². The molecule has 1 aliphatic carbocycles. The van der Waals surface area contributed by atoms with E-state index in [4.69, 9.17) is 5.73 Å². The molecular weight excluding hydrogens is 220 g/mol. The molecule has 0 spiro atoms. The van der Waals surface area contributed by atoms with Crippen molar-refractivity contribution in [3.63, 3.8) is 0 Å². The van der Waals surface area contributed by atoms with Crippen molar-refractivity contribution >= 4 is 11.9 Å². The summed E-state index contributed by atoms with van der Waals surface area (Å²) in [5.74, 6) is -0.591. The third kappa shape index (κ3) is 4.34. The van der Waals surface area contributed by atoms with Gasteiger partial charge in [-0.25, -0.2) is 0 Å². The van der Waals surface area contributed by atoms with Crippen LogP contribution in [-0.2, 0) is 14.3 Å². The zero-order valence-electron chi connectivity index (χ0n) is 10.6. The summed E-state index contributed by atoms with van der Waals surface area (Å²) in [5, 5.41) is 2.79. The van der Waals surface area contributed by atoms with Crippen molar-refractivity contribution in [2.45, 2.75) is 38.6 Å².